The number of hydrogen-bond acceptors (Lipinski definition) is 2. The normalized spacial score (nSPS) is 33.3. The molecule has 0 aromatic carbocycles. The SMILES string of the molecule is CNC(=O)C(CC(=O)N(C)C)C1CC2C=CC1(C)C2. The predicted molar refractivity (Wildman–Crippen MR) is 74.3 cm³/mol. The molecule has 19 heavy (non-hydrogen) atoms. The lowest BCUT2D eigenvalue weighted by Gasteiger charge is -2.34. The highest BCUT2D eigenvalue weighted by molar-refractivity contribution is 5.85. The van der Waals surface area contributed by atoms with Crippen LogP contribution in [0.3, 0.4) is 0 Å². The van der Waals surface area contributed by atoms with E-state index in [1.54, 1.807) is 26.0 Å². The summed E-state index contributed by atoms with van der Waals surface area (Å²) in [6.45, 7) is 2.22. The third-order valence-electron chi connectivity index (χ3n) is 4.82. The fourth-order valence-corrected chi connectivity index (χ4v) is 3.69. The molecule has 4 heteroatoms. The van der Waals surface area contributed by atoms with E-state index in [4.69, 9.17) is 0 Å². The molecule has 2 rings (SSSR count). The zero-order valence-electron chi connectivity index (χ0n) is 12.3. The van der Waals surface area contributed by atoms with Crippen LogP contribution in [0.4, 0.5) is 0 Å². The van der Waals surface area contributed by atoms with Gasteiger partial charge in [-0.25, -0.2) is 0 Å². The Morgan fingerprint density at radius 3 is 2.58 bits per heavy atom. The smallest absolute Gasteiger partial charge is 0.223 e. The van der Waals surface area contributed by atoms with Gasteiger partial charge in [-0.05, 0) is 30.1 Å². The van der Waals surface area contributed by atoms with Gasteiger partial charge in [0.1, 0.15) is 0 Å². The molecule has 4 nitrogen and oxygen atoms in total. The van der Waals surface area contributed by atoms with E-state index in [0.717, 1.165) is 12.8 Å². The number of fused-ring (bicyclic) bond motifs is 2. The Hall–Kier alpha value is -1.32. The number of allylic oxidation sites excluding steroid dienone is 2. The maximum absolute atomic E-state index is 12.2. The van der Waals surface area contributed by atoms with Gasteiger partial charge >= 0.3 is 0 Å². The van der Waals surface area contributed by atoms with Crippen molar-refractivity contribution in [2.75, 3.05) is 21.1 Å². The maximum atomic E-state index is 12.2. The number of nitrogens with one attached hydrogen (secondary N) is 1. The van der Waals surface area contributed by atoms with Crippen molar-refractivity contribution in [3.05, 3.63) is 12.2 Å². The molecule has 0 aromatic heterocycles. The fourth-order valence-electron chi connectivity index (χ4n) is 3.69. The number of carbonyl (C=O) groups is 2. The molecular formula is C15H24N2O2. The van der Waals surface area contributed by atoms with Crippen LogP contribution in [0.1, 0.15) is 26.2 Å². The molecule has 2 amide bonds. The van der Waals surface area contributed by atoms with Gasteiger partial charge in [0, 0.05) is 27.6 Å². The van der Waals surface area contributed by atoms with Gasteiger partial charge < -0.3 is 10.2 Å². The summed E-state index contributed by atoms with van der Waals surface area (Å²) in [7, 11) is 5.14. The number of carbonyl (C=O) groups excluding carboxylic acids is 2. The van der Waals surface area contributed by atoms with Gasteiger partial charge in [0.25, 0.3) is 0 Å². The molecule has 0 saturated heterocycles. The Morgan fingerprint density at radius 2 is 2.16 bits per heavy atom. The van der Waals surface area contributed by atoms with Gasteiger partial charge in [0.2, 0.25) is 11.8 Å². The van der Waals surface area contributed by atoms with E-state index in [-0.39, 0.29) is 29.1 Å². The number of rotatable bonds is 4. The van der Waals surface area contributed by atoms with Crippen LogP contribution in [0.25, 0.3) is 0 Å². The molecule has 0 radical (unpaired) electrons. The van der Waals surface area contributed by atoms with Crippen molar-refractivity contribution in [3.63, 3.8) is 0 Å². The monoisotopic (exact) mass is 264 g/mol. The van der Waals surface area contributed by atoms with Crippen LogP contribution in [0.15, 0.2) is 12.2 Å². The number of amides is 2. The summed E-state index contributed by atoms with van der Waals surface area (Å²) >= 11 is 0. The molecule has 2 aliphatic rings. The number of nitrogens with zero attached hydrogens (tertiary/aromatic N) is 1. The molecule has 0 aromatic rings. The van der Waals surface area contributed by atoms with Crippen molar-refractivity contribution in [3.8, 4) is 0 Å². The third-order valence-corrected chi connectivity index (χ3v) is 4.82. The fraction of sp³-hybridized carbons (Fsp3) is 0.733. The highest BCUT2D eigenvalue weighted by Crippen LogP contribution is 2.56. The summed E-state index contributed by atoms with van der Waals surface area (Å²) < 4.78 is 0. The quantitative estimate of drug-likeness (QED) is 0.781. The largest absolute Gasteiger partial charge is 0.359 e. The van der Waals surface area contributed by atoms with Crippen molar-refractivity contribution < 1.29 is 9.59 Å². The lowest BCUT2D eigenvalue weighted by molar-refractivity contribution is -0.136. The average molecular weight is 264 g/mol. The van der Waals surface area contributed by atoms with Gasteiger partial charge in [-0.15, -0.1) is 0 Å². The van der Waals surface area contributed by atoms with E-state index in [0.29, 0.717) is 12.3 Å². The van der Waals surface area contributed by atoms with Crippen molar-refractivity contribution in [1.29, 1.82) is 0 Å². The van der Waals surface area contributed by atoms with Gasteiger partial charge in [-0.1, -0.05) is 19.1 Å². The van der Waals surface area contributed by atoms with Crippen molar-refractivity contribution in [1.82, 2.24) is 10.2 Å². The second kappa shape index (κ2) is 4.99. The van der Waals surface area contributed by atoms with Crippen LogP contribution in [-0.4, -0.2) is 37.9 Å². The molecule has 1 fully saturated rings. The predicted octanol–water partition coefficient (Wildman–Crippen LogP) is 1.43. The molecular weight excluding hydrogens is 240 g/mol. The molecule has 106 valence electrons. The molecule has 1 saturated carbocycles. The molecule has 1 N–H and O–H groups in total. The highest BCUT2D eigenvalue weighted by Gasteiger charge is 2.50. The molecule has 4 atom stereocenters. The van der Waals surface area contributed by atoms with Crippen molar-refractivity contribution in [2.24, 2.45) is 23.2 Å². The zero-order valence-corrected chi connectivity index (χ0v) is 12.3. The van der Waals surface area contributed by atoms with Crippen LogP contribution in [0.5, 0.6) is 0 Å². The average Bonchev–Trinajstić information content (AvgIpc) is 2.89. The summed E-state index contributed by atoms with van der Waals surface area (Å²) in [5, 5.41) is 2.73. The first-order chi connectivity index (χ1) is 8.87. The highest BCUT2D eigenvalue weighted by atomic mass is 16.2. The molecule has 0 spiro atoms. The zero-order chi connectivity index (χ0) is 14.2. The summed E-state index contributed by atoms with van der Waals surface area (Å²) in [5.74, 6) is 0.703. The minimum absolute atomic E-state index is 0.00220. The molecule has 2 aliphatic carbocycles. The summed E-state index contributed by atoms with van der Waals surface area (Å²) in [5.41, 5.74) is 0.0917. The summed E-state index contributed by atoms with van der Waals surface area (Å²) in [6.07, 6.45) is 6.99. The minimum Gasteiger partial charge on any atom is -0.359 e. The van der Waals surface area contributed by atoms with Gasteiger partial charge in [-0.3, -0.25) is 9.59 Å². The first-order valence-corrected chi connectivity index (χ1v) is 6.98. The van der Waals surface area contributed by atoms with E-state index in [1.165, 1.54) is 0 Å². The second-order valence-electron chi connectivity index (χ2n) is 6.38. The van der Waals surface area contributed by atoms with Gasteiger partial charge in [0.15, 0.2) is 0 Å². The minimum atomic E-state index is -0.208. The lowest BCUT2D eigenvalue weighted by atomic mass is 9.71. The third kappa shape index (κ3) is 2.53. The maximum Gasteiger partial charge on any atom is 0.223 e. The standard InChI is InChI=1S/C15H24N2O2/c1-15-6-5-10(9-15)7-12(15)11(14(19)16-2)8-13(18)17(3)4/h5-6,10-12H,7-9H2,1-4H3,(H,16,19). The van der Waals surface area contributed by atoms with Crippen LogP contribution < -0.4 is 5.32 Å². The molecule has 4 unspecified atom stereocenters. The topological polar surface area (TPSA) is 49.4 Å². The van der Waals surface area contributed by atoms with Crippen LogP contribution in [0, 0.1) is 23.2 Å². The van der Waals surface area contributed by atoms with E-state index in [9.17, 15) is 9.59 Å². The molecule has 0 aliphatic heterocycles. The van der Waals surface area contributed by atoms with E-state index < -0.39 is 0 Å². The Bertz CT molecular complexity index is 416. The van der Waals surface area contributed by atoms with Crippen molar-refractivity contribution in [2.45, 2.75) is 26.2 Å². The Labute approximate surface area is 115 Å². The Kier molecular flexibility index (Phi) is 3.70. The second-order valence-corrected chi connectivity index (χ2v) is 6.38. The van der Waals surface area contributed by atoms with E-state index in [1.807, 2.05) is 0 Å². The van der Waals surface area contributed by atoms with Crippen molar-refractivity contribution >= 4 is 11.8 Å². The van der Waals surface area contributed by atoms with Gasteiger partial charge in [-0.2, -0.15) is 0 Å². The first-order valence-electron chi connectivity index (χ1n) is 6.98. The van der Waals surface area contributed by atoms with Crippen LogP contribution in [-0.2, 0) is 9.59 Å². The molecule has 0 heterocycles. The number of hydrogen-bond donors (Lipinski definition) is 1. The van der Waals surface area contributed by atoms with Crippen LogP contribution in [0.2, 0.25) is 0 Å². The molecule has 2 bridgehead atoms. The Morgan fingerprint density at radius 1 is 1.47 bits per heavy atom. The van der Waals surface area contributed by atoms with E-state index in [2.05, 4.69) is 24.4 Å². The summed E-state index contributed by atoms with van der Waals surface area (Å²) in [4.78, 5) is 25.7. The summed E-state index contributed by atoms with van der Waals surface area (Å²) in [6, 6.07) is 0. The van der Waals surface area contributed by atoms with E-state index >= 15 is 0 Å². The van der Waals surface area contributed by atoms with Crippen LogP contribution >= 0.6 is 0 Å². The lowest BCUT2D eigenvalue weighted by Crippen LogP contribution is -2.40. The Balaban J connectivity index is 2.17. The first kappa shape index (κ1) is 14.1. The van der Waals surface area contributed by atoms with Gasteiger partial charge in [0.05, 0.1) is 5.92 Å².